The molecule has 0 bridgehead atoms. The van der Waals surface area contributed by atoms with E-state index in [9.17, 15) is 9.59 Å². The van der Waals surface area contributed by atoms with Gasteiger partial charge in [-0.1, -0.05) is 48.0 Å². The first-order chi connectivity index (χ1) is 16.9. The molecule has 4 rings (SSSR count). The van der Waals surface area contributed by atoms with Gasteiger partial charge in [-0.05, 0) is 42.0 Å². The number of ether oxygens (including phenoxy) is 2. The highest BCUT2D eigenvalue weighted by atomic mass is 35.5. The van der Waals surface area contributed by atoms with E-state index in [1.807, 2.05) is 48.5 Å². The number of halogens is 1. The molecule has 1 aliphatic heterocycles. The maximum atomic E-state index is 13.7. The molecule has 1 aliphatic rings. The molecule has 0 radical (unpaired) electrons. The Bertz CT molecular complexity index is 1200. The van der Waals surface area contributed by atoms with E-state index in [0.717, 1.165) is 11.1 Å². The molecule has 2 amide bonds. The minimum atomic E-state index is -0.437. The minimum Gasteiger partial charge on any atom is -0.497 e. The summed E-state index contributed by atoms with van der Waals surface area (Å²) in [5.41, 5.74) is 2.39. The van der Waals surface area contributed by atoms with Crippen LogP contribution in [-0.4, -0.2) is 56.0 Å². The number of carbonyl (C=O) groups is 2. The van der Waals surface area contributed by atoms with Crippen molar-refractivity contribution in [3.63, 3.8) is 0 Å². The van der Waals surface area contributed by atoms with Crippen LogP contribution in [0, 0.1) is 5.92 Å². The summed E-state index contributed by atoms with van der Waals surface area (Å²) in [4.78, 5) is 30.6. The highest BCUT2D eigenvalue weighted by Gasteiger charge is 2.43. The maximum Gasteiger partial charge on any atom is 0.253 e. The SMILES string of the molecule is COc1ccc(OC)c([C@H]2CN(C(=O)c3cccc(Cl)c3)C[C@@H]2C(=O)N(C)Cc2ccccc2)c1. The van der Waals surface area contributed by atoms with E-state index < -0.39 is 5.92 Å². The normalized spacial score (nSPS) is 17.2. The Hall–Kier alpha value is -3.51. The monoisotopic (exact) mass is 492 g/mol. The van der Waals surface area contributed by atoms with Gasteiger partial charge in [0.2, 0.25) is 5.91 Å². The average molecular weight is 493 g/mol. The van der Waals surface area contributed by atoms with E-state index in [1.54, 1.807) is 55.3 Å². The zero-order chi connectivity index (χ0) is 24.9. The van der Waals surface area contributed by atoms with Gasteiger partial charge in [-0.25, -0.2) is 0 Å². The van der Waals surface area contributed by atoms with E-state index in [2.05, 4.69) is 0 Å². The topological polar surface area (TPSA) is 59.1 Å². The first-order valence-corrected chi connectivity index (χ1v) is 11.8. The van der Waals surface area contributed by atoms with Crippen molar-refractivity contribution < 1.29 is 19.1 Å². The third-order valence-electron chi connectivity index (χ3n) is 6.47. The van der Waals surface area contributed by atoms with Gasteiger partial charge in [-0.3, -0.25) is 9.59 Å². The van der Waals surface area contributed by atoms with Crippen LogP contribution >= 0.6 is 11.6 Å². The Morgan fingerprint density at radius 2 is 1.74 bits per heavy atom. The first kappa shape index (κ1) is 24.6. The molecule has 0 saturated carbocycles. The Morgan fingerprint density at radius 3 is 2.43 bits per heavy atom. The molecule has 182 valence electrons. The van der Waals surface area contributed by atoms with Gasteiger partial charge in [0.1, 0.15) is 11.5 Å². The van der Waals surface area contributed by atoms with Crippen molar-refractivity contribution in [2.45, 2.75) is 12.5 Å². The van der Waals surface area contributed by atoms with Crippen molar-refractivity contribution in [3.8, 4) is 11.5 Å². The van der Waals surface area contributed by atoms with Crippen LogP contribution in [0.5, 0.6) is 11.5 Å². The van der Waals surface area contributed by atoms with Gasteiger partial charge < -0.3 is 19.3 Å². The molecule has 0 aliphatic carbocycles. The average Bonchev–Trinajstić information content (AvgIpc) is 3.33. The van der Waals surface area contributed by atoms with Crippen LogP contribution in [0.2, 0.25) is 5.02 Å². The molecule has 0 unspecified atom stereocenters. The molecule has 0 spiro atoms. The predicted molar refractivity (Wildman–Crippen MR) is 136 cm³/mol. The molecule has 3 aromatic carbocycles. The van der Waals surface area contributed by atoms with Crippen molar-refractivity contribution in [3.05, 3.63) is 94.5 Å². The molecule has 2 atom stereocenters. The van der Waals surface area contributed by atoms with Gasteiger partial charge in [-0.2, -0.15) is 0 Å². The van der Waals surface area contributed by atoms with Gasteiger partial charge >= 0.3 is 0 Å². The number of carbonyl (C=O) groups excluding carboxylic acids is 2. The van der Waals surface area contributed by atoms with Gasteiger partial charge in [0.25, 0.3) is 5.91 Å². The number of nitrogens with zero attached hydrogens (tertiary/aromatic N) is 2. The zero-order valence-corrected chi connectivity index (χ0v) is 20.9. The smallest absolute Gasteiger partial charge is 0.253 e. The quantitative estimate of drug-likeness (QED) is 0.472. The van der Waals surface area contributed by atoms with E-state index >= 15 is 0 Å². The van der Waals surface area contributed by atoms with Gasteiger partial charge in [-0.15, -0.1) is 0 Å². The predicted octanol–water partition coefficient (Wildman–Crippen LogP) is 4.87. The summed E-state index contributed by atoms with van der Waals surface area (Å²) >= 11 is 6.13. The summed E-state index contributed by atoms with van der Waals surface area (Å²) in [6, 6.07) is 22.3. The maximum absolute atomic E-state index is 13.7. The second kappa shape index (κ2) is 10.8. The van der Waals surface area contributed by atoms with Gasteiger partial charge in [0, 0.05) is 48.7 Å². The van der Waals surface area contributed by atoms with E-state index in [0.29, 0.717) is 41.7 Å². The number of amides is 2. The van der Waals surface area contributed by atoms with Crippen molar-refractivity contribution >= 4 is 23.4 Å². The number of rotatable bonds is 7. The second-order valence-corrected chi connectivity index (χ2v) is 9.16. The Labute approximate surface area is 211 Å². The van der Waals surface area contributed by atoms with Crippen molar-refractivity contribution in [1.29, 1.82) is 0 Å². The highest BCUT2D eigenvalue weighted by Crippen LogP contribution is 2.40. The van der Waals surface area contributed by atoms with Crippen LogP contribution in [0.15, 0.2) is 72.8 Å². The lowest BCUT2D eigenvalue weighted by Crippen LogP contribution is -2.36. The molecule has 0 N–H and O–H groups in total. The number of hydrogen-bond donors (Lipinski definition) is 0. The lowest BCUT2D eigenvalue weighted by molar-refractivity contribution is -0.134. The summed E-state index contributed by atoms with van der Waals surface area (Å²) in [6.07, 6.45) is 0. The van der Waals surface area contributed by atoms with Crippen LogP contribution in [0.4, 0.5) is 0 Å². The summed E-state index contributed by atoms with van der Waals surface area (Å²) in [6.45, 7) is 1.17. The Morgan fingerprint density at radius 1 is 0.971 bits per heavy atom. The largest absolute Gasteiger partial charge is 0.497 e. The van der Waals surface area contributed by atoms with Gasteiger partial charge in [0.15, 0.2) is 0 Å². The number of hydrogen-bond acceptors (Lipinski definition) is 4. The molecular formula is C28H29ClN2O4. The Kier molecular flexibility index (Phi) is 7.61. The molecule has 1 fully saturated rings. The Balaban J connectivity index is 1.67. The lowest BCUT2D eigenvalue weighted by atomic mass is 9.87. The standard InChI is InChI=1S/C28H29ClN2O4/c1-30(16-19-8-5-4-6-9-19)28(33)25-18-31(27(32)20-10-7-11-21(29)14-20)17-24(25)23-15-22(34-2)12-13-26(23)35-3/h4-15,24-25H,16-18H2,1-3H3/t24-,25+/m1/s1. The van der Waals surface area contributed by atoms with Gasteiger partial charge in [0.05, 0.1) is 20.1 Å². The first-order valence-electron chi connectivity index (χ1n) is 11.5. The molecule has 35 heavy (non-hydrogen) atoms. The van der Waals surface area contributed by atoms with E-state index in [1.165, 1.54) is 0 Å². The number of methoxy groups -OCH3 is 2. The molecule has 6 nitrogen and oxygen atoms in total. The summed E-state index contributed by atoms with van der Waals surface area (Å²) in [5, 5.41) is 0.497. The minimum absolute atomic E-state index is 0.0230. The van der Waals surface area contributed by atoms with Crippen molar-refractivity contribution in [1.82, 2.24) is 9.80 Å². The highest BCUT2D eigenvalue weighted by molar-refractivity contribution is 6.30. The second-order valence-electron chi connectivity index (χ2n) is 8.72. The third kappa shape index (κ3) is 5.43. The van der Waals surface area contributed by atoms with Crippen LogP contribution in [0.3, 0.4) is 0 Å². The molecule has 1 heterocycles. The van der Waals surface area contributed by atoms with Crippen LogP contribution in [0.25, 0.3) is 0 Å². The lowest BCUT2D eigenvalue weighted by Gasteiger charge is -2.25. The summed E-state index contributed by atoms with van der Waals surface area (Å²) in [7, 11) is 5.01. The van der Waals surface area contributed by atoms with Crippen LogP contribution < -0.4 is 9.47 Å². The zero-order valence-electron chi connectivity index (χ0n) is 20.1. The third-order valence-corrected chi connectivity index (χ3v) is 6.71. The molecule has 1 saturated heterocycles. The van der Waals surface area contributed by atoms with E-state index in [4.69, 9.17) is 21.1 Å². The fourth-order valence-electron chi connectivity index (χ4n) is 4.69. The molecule has 0 aromatic heterocycles. The fourth-order valence-corrected chi connectivity index (χ4v) is 4.88. The fraction of sp³-hybridized carbons (Fsp3) is 0.286. The van der Waals surface area contributed by atoms with Crippen molar-refractivity contribution in [2.24, 2.45) is 5.92 Å². The van der Waals surface area contributed by atoms with Crippen molar-refractivity contribution in [2.75, 3.05) is 34.4 Å². The van der Waals surface area contributed by atoms with Crippen LogP contribution in [-0.2, 0) is 11.3 Å². The number of benzene rings is 3. The summed E-state index contributed by atoms with van der Waals surface area (Å²) < 4.78 is 11.1. The number of likely N-dealkylation sites (tertiary alicyclic amines) is 1. The van der Waals surface area contributed by atoms with E-state index in [-0.39, 0.29) is 17.7 Å². The van der Waals surface area contributed by atoms with Crippen LogP contribution in [0.1, 0.15) is 27.4 Å². The molecular weight excluding hydrogens is 464 g/mol. The molecule has 7 heteroatoms. The summed E-state index contributed by atoms with van der Waals surface area (Å²) in [5.74, 6) is 0.466. The molecule has 3 aromatic rings.